The largest absolute Gasteiger partial charge is 0.477 e. The first kappa shape index (κ1) is 11.9. The predicted octanol–water partition coefficient (Wildman–Crippen LogP) is 2.93. The van der Waals surface area contributed by atoms with Crippen molar-refractivity contribution in [2.75, 3.05) is 0 Å². The molecule has 19 heavy (non-hydrogen) atoms. The second-order valence-electron chi connectivity index (χ2n) is 4.29. The molecule has 2 aromatic heterocycles. The molecule has 0 atom stereocenters. The third-order valence-electron chi connectivity index (χ3n) is 3.23. The van der Waals surface area contributed by atoms with E-state index in [0.29, 0.717) is 11.9 Å². The lowest BCUT2D eigenvalue weighted by Crippen LogP contribution is -2.18. The van der Waals surface area contributed by atoms with E-state index < -0.39 is 11.4 Å². The van der Waals surface area contributed by atoms with Crippen molar-refractivity contribution in [3.8, 4) is 0 Å². The molecular weight excluding hydrogens is 262 g/mol. The summed E-state index contributed by atoms with van der Waals surface area (Å²) in [7, 11) is 0. The second kappa shape index (κ2) is 4.20. The number of rotatable bonds is 2. The average molecular weight is 273 g/mol. The summed E-state index contributed by atoms with van der Waals surface area (Å²) in [6, 6.07) is 5.66. The van der Waals surface area contributed by atoms with Crippen molar-refractivity contribution >= 4 is 38.3 Å². The number of aryl methyl sites for hydroxylation is 1. The maximum absolute atomic E-state index is 12.2. The summed E-state index contributed by atoms with van der Waals surface area (Å²) in [4.78, 5) is 23.3. The molecule has 0 fully saturated rings. The van der Waals surface area contributed by atoms with Crippen LogP contribution >= 0.6 is 11.3 Å². The number of hydrogen-bond donors (Lipinski definition) is 1. The molecule has 0 amide bonds. The van der Waals surface area contributed by atoms with Gasteiger partial charge in [-0.2, -0.15) is 0 Å². The Bertz CT molecular complexity index is 860. The molecule has 0 saturated carbocycles. The Morgan fingerprint density at radius 3 is 2.89 bits per heavy atom. The number of benzene rings is 1. The first-order valence-corrected chi connectivity index (χ1v) is 6.77. The van der Waals surface area contributed by atoms with E-state index in [1.807, 2.05) is 24.4 Å². The van der Waals surface area contributed by atoms with E-state index in [-0.39, 0.29) is 5.56 Å². The van der Waals surface area contributed by atoms with Crippen molar-refractivity contribution < 1.29 is 9.90 Å². The fourth-order valence-corrected chi connectivity index (χ4v) is 3.07. The van der Waals surface area contributed by atoms with Gasteiger partial charge in [0.05, 0.1) is 5.52 Å². The lowest BCUT2D eigenvalue weighted by molar-refractivity contribution is 0.0695. The summed E-state index contributed by atoms with van der Waals surface area (Å²) in [6.07, 6.45) is 1.42. The zero-order valence-electron chi connectivity index (χ0n) is 10.2. The molecule has 3 aromatic rings. The molecule has 3 rings (SSSR count). The van der Waals surface area contributed by atoms with Crippen LogP contribution in [0.5, 0.6) is 0 Å². The molecule has 1 aromatic carbocycles. The van der Waals surface area contributed by atoms with Crippen LogP contribution < -0.4 is 5.43 Å². The minimum Gasteiger partial charge on any atom is -0.477 e. The van der Waals surface area contributed by atoms with E-state index in [4.69, 9.17) is 5.11 Å². The summed E-state index contributed by atoms with van der Waals surface area (Å²) in [5.41, 5.74) is 0.191. The highest BCUT2D eigenvalue weighted by Gasteiger charge is 2.14. The third-order valence-corrected chi connectivity index (χ3v) is 4.11. The van der Waals surface area contributed by atoms with Crippen LogP contribution in [0.4, 0.5) is 0 Å². The molecule has 0 aliphatic heterocycles. The van der Waals surface area contributed by atoms with Crippen molar-refractivity contribution in [3.63, 3.8) is 0 Å². The molecule has 5 heteroatoms. The molecule has 0 unspecified atom stereocenters. The highest BCUT2D eigenvalue weighted by molar-refractivity contribution is 7.17. The molecule has 1 N–H and O–H groups in total. The number of pyridine rings is 1. The van der Waals surface area contributed by atoms with E-state index in [1.54, 1.807) is 22.0 Å². The van der Waals surface area contributed by atoms with Crippen LogP contribution in [-0.4, -0.2) is 15.6 Å². The van der Waals surface area contributed by atoms with Crippen molar-refractivity contribution in [1.29, 1.82) is 0 Å². The van der Waals surface area contributed by atoms with E-state index in [2.05, 4.69) is 0 Å². The van der Waals surface area contributed by atoms with Crippen molar-refractivity contribution in [3.05, 3.63) is 45.6 Å². The fraction of sp³-hybridized carbons (Fsp3) is 0.143. The summed E-state index contributed by atoms with van der Waals surface area (Å²) in [5.74, 6) is -1.18. The molecule has 96 valence electrons. The topological polar surface area (TPSA) is 59.3 Å². The molecule has 4 nitrogen and oxygen atoms in total. The maximum atomic E-state index is 12.2. The fourth-order valence-electron chi connectivity index (χ4n) is 2.26. The van der Waals surface area contributed by atoms with Crippen LogP contribution in [0.15, 0.2) is 34.6 Å². The van der Waals surface area contributed by atoms with Crippen LogP contribution in [0.1, 0.15) is 17.3 Å². The first-order valence-electron chi connectivity index (χ1n) is 5.89. The van der Waals surface area contributed by atoms with Gasteiger partial charge in [-0.25, -0.2) is 4.79 Å². The summed E-state index contributed by atoms with van der Waals surface area (Å²) in [6.45, 7) is 2.54. The van der Waals surface area contributed by atoms with Gasteiger partial charge in [-0.05, 0) is 35.9 Å². The first-order chi connectivity index (χ1) is 9.11. The SMILES string of the molecule is CCn1cc(C(=O)O)c(=O)c2cc3ccsc3cc21. The van der Waals surface area contributed by atoms with Gasteiger partial charge >= 0.3 is 5.97 Å². The molecule has 2 heterocycles. The number of aromatic carboxylic acids is 1. The molecule has 0 aliphatic rings. The van der Waals surface area contributed by atoms with Gasteiger partial charge < -0.3 is 9.67 Å². The number of carboxylic acids is 1. The third kappa shape index (κ3) is 1.74. The minimum atomic E-state index is -1.18. The standard InChI is InChI=1S/C14H11NO3S/c1-2-15-7-10(14(17)18)13(16)9-5-8-3-4-19-12(8)6-11(9)15/h3-7H,2H2,1H3,(H,17,18). The van der Waals surface area contributed by atoms with E-state index in [0.717, 1.165) is 15.6 Å². The minimum absolute atomic E-state index is 0.177. The molecular formula is C14H11NO3S. The number of thiophene rings is 1. The van der Waals surface area contributed by atoms with Gasteiger partial charge in [0.25, 0.3) is 0 Å². The Hall–Kier alpha value is -2.14. The van der Waals surface area contributed by atoms with E-state index in [9.17, 15) is 9.59 Å². The van der Waals surface area contributed by atoms with Gasteiger partial charge in [0.15, 0.2) is 0 Å². The molecule has 0 spiro atoms. The highest BCUT2D eigenvalue weighted by atomic mass is 32.1. The second-order valence-corrected chi connectivity index (χ2v) is 5.24. The average Bonchev–Trinajstić information content (AvgIpc) is 2.84. The number of carboxylic acid groups (broad SMARTS) is 1. The van der Waals surface area contributed by atoms with Crippen LogP contribution in [0, 0.1) is 0 Å². The van der Waals surface area contributed by atoms with Crippen molar-refractivity contribution in [2.24, 2.45) is 0 Å². The molecule has 0 radical (unpaired) electrons. The van der Waals surface area contributed by atoms with Gasteiger partial charge in [-0.3, -0.25) is 4.79 Å². The monoisotopic (exact) mass is 273 g/mol. The van der Waals surface area contributed by atoms with E-state index in [1.165, 1.54) is 6.20 Å². The van der Waals surface area contributed by atoms with Crippen LogP contribution in [-0.2, 0) is 6.54 Å². The van der Waals surface area contributed by atoms with Crippen LogP contribution in [0.2, 0.25) is 0 Å². The lowest BCUT2D eigenvalue weighted by Gasteiger charge is -2.10. The Morgan fingerprint density at radius 2 is 2.21 bits per heavy atom. The Labute approximate surface area is 112 Å². The number of aromatic nitrogens is 1. The quantitative estimate of drug-likeness (QED) is 0.781. The maximum Gasteiger partial charge on any atom is 0.341 e. The van der Waals surface area contributed by atoms with Gasteiger partial charge in [0, 0.05) is 22.8 Å². The van der Waals surface area contributed by atoms with Crippen molar-refractivity contribution in [1.82, 2.24) is 4.57 Å². The van der Waals surface area contributed by atoms with Crippen LogP contribution in [0.3, 0.4) is 0 Å². The number of nitrogens with zero attached hydrogens (tertiary/aromatic N) is 1. The predicted molar refractivity (Wildman–Crippen MR) is 76.2 cm³/mol. The van der Waals surface area contributed by atoms with Gasteiger partial charge in [0.1, 0.15) is 5.56 Å². The van der Waals surface area contributed by atoms with Crippen LogP contribution in [0.25, 0.3) is 21.0 Å². The number of hydrogen-bond acceptors (Lipinski definition) is 3. The highest BCUT2D eigenvalue weighted by Crippen LogP contribution is 2.25. The normalized spacial score (nSPS) is 11.2. The van der Waals surface area contributed by atoms with Gasteiger partial charge in [-0.15, -0.1) is 11.3 Å². The number of fused-ring (bicyclic) bond motifs is 2. The van der Waals surface area contributed by atoms with E-state index >= 15 is 0 Å². The smallest absolute Gasteiger partial charge is 0.341 e. The summed E-state index contributed by atoms with van der Waals surface area (Å²) in [5, 5.41) is 12.5. The summed E-state index contributed by atoms with van der Waals surface area (Å²) < 4.78 is 2.90. The molecule has 0 aliphatic carbocycles. The molecule has 0 saturated heterocycles. The lowest BCUT2D eigenvalue weighted by atomic mass is 10.1. The summed E-state index contributed by atoms with van der Waals surface area (Å²) >= 11 is 1.61. The van der Waals surface area contributed by atoms with Gasteiger partial charge in [-0.1, -0.05) is 0 Å². The zero-order valence-corrected chi connectivity index (χ0v) is 11.0. The van der Waals surface area contributed by atoms with Crippen molar-refractivity contribution in [2.45, 2.75) is 13.5 Å². The Morgan fingerprint density at radius 1 is 1.42 bits per heavy atom. The van der Waals surface area contributed by atoms with Gasteiger partial charge in [0.2, 0.25) is 5.43 Å². The Kier molecular flexibility index (Phi) is 2.64. The Balaban J connectivity index is 2.54. The zero-order chi connectivity index (χ0) is 13.6. The molecule has 0 bridgehead atoms. The number of carbonyl (C=O) groups is 1.